The molecular formula is C11H25NO3S. The van der Waals surface area contributed by atoms with E-state index in [9.17, 15) is 13.5 Å². The Hall–Kier alpha value is -0.130. The molecule has 2 N–H and O–H groups in total. The third-order valence-corrected chi connectivity index (χ3v) is 4.28. The normalized spacial score (nSPS) is 16.4. The van der Waals surface area contributed by atoms with Gasteiger partial charge < -0.3 is 10.4 Å². The lowest BCUT2D eigenvalue weighted by atomic mass is 10.1. The van der Waals surface area contributed by atoms with Gasteiger partial charge in [-0.05, 0) is 19.3 Å². The van der Waals surface area contributed by atoms with E-state index in [-0.39, 0.29) is 17.5 Å². The van der Waals surface area contributed by atoms with Gasteiger partial charge in [-0.15, -0.1) is 0 Å². The van der Waals surface area contributed by atoms with Crippen LogP contribution in [0.15, 0.2) is 0 Å². The molecule has 0 aliphatic heterocycles. The minimum absolute atomic E-state index is 0.105. The summed E-state index contributed by atoms with van der Waals surface area (Å²) in [5, 5.41) is 12.7. The molecule has 0 aromatic heterocycles. The van der Waals surface area contributed by atoms with E-state index in [1.165, 1.54) is 0 Å². The van der Waals surface area contributed by atoms with E-state index in [4.69, 9.17) is 0 Å². The second-order valence-electron chi connectivity index (χ2n) is 4.79. The predicted octanol–water partition coefficient (Wildman–Crippen LogP) is 0.806. The van der Waals surface area contributed by atoms with Crippen molar-refractivity contribution in [3.05, 3.63) is 0 Å². The Kier molecular flexibility index (Phi) is 7.19. The Labute approximate surface area is 99.4 Å². The van der Waals surface area contributed by atoms with Gasteiger partial charge in [0.2, 0.25) is 0 Å². The van der Waals surface area contributed by atoms with Crippen molar-refractivity contribution in [1.29, 1.82) is 0 Å². The van der Waals surface area contributed by atoms with Gasteiger partial charge in [-0.2, -0.15) is 0 Å². The number of sulfone groups is 1. The average Bonchev–Trinajstić information content (AvgIpc) is 2.13. The zero-order chi connectivity index (χ0) is 12.8. The van der Waals surface area contributed by atoms with Crippen LogP contribution in [0.5, 0.6) is 0 Å². The third kappa shape index (κ3) is 8.07. The first-order chi connectivity index (χ1) is 7.26. The summed E-state index contributed by atoms with van der Waals surface area (Å²) in [5.74, 6) is 0.761. The molecule has 0 fully saturated rings. The molecule has 0 bridgehead atoms. The molecule has 0 radical (unpaired) electrons. The summed E-state index contributed by atoms with van der Waals surface area (Å²) < 4.78 is 22.7. The summed E-state index contributed by atoms with van der Waals surface area (Å²) in [7, 11) is -2.93. The van der Waals surface area contributed by atoms with Crippen LogP contribution in [-0.4, -0.2) is 43.7 Å². The lowest BCUT2D eigenvalue weighted by Gasteiger charge is -2.18. The Bertz CT molecular complexity index is 275. The number of nitrogens with one attached hydrogen (secondary N) is 1. The molecule has 0 saturated carbocycles. The number of aliphatic hydroxyl groups excluding tert-OH is 1. The second kappa shape index (κ2) is 7.25. The monoisotopic (exact) mass is 251 g/mol. The predicted molar refractivity (Wildman–Crippen MR) is 67.3 cm³/mol. The van der Waals surface area contributed by atoms with Crippen molar-refractivity contribution in [1.82, 2.24) is 5.32 Å². The van der Waals surface area contributed by atoms with Crippen molar-refractivity contribution in [3.8, 4) is 0 Å². The lowest BCUT2D eigenvalue weighted by molar-refractivity contribution is 0.144. The maximum atomic E-state index is 11.3. The van der Waals surface area contributed by atoms with Crippen LogP contribution in [0.3, 0.4) is 0 Å². The van der Waals surface area contributed by atoms with Crippen LogP contribution in [-0.2, 0) is 9.84 Å². The molecule has 0 heterocycles. The zero-order valence-electron chi connectivity index (χ0n) is 10.7. The van der Waals surface area contributed by atoms with Crippen molar-refractivity contribution >= 4 is 9.84 Å². The summed E-state index contributed by atoms with van der Waals surface area (Å²) in [5.41, 5.74) is 0. The lowest BCUT2D eigenvalue weighted by Crippen LogP contribution is -2.38. The highest BCUT2D eigenvalue weighted by atomic mass is 32.2. The molecule has 0 spiro atoms. The minimum Gasteiger partial charge on any atom is -0.392 e. The third-order valence-electron chi connectivity index (χ3n) is 2.39. The second-order valence-corrected chi connectivity index (χ2v) is 7.19. The molecule has 4 nitrogen and oxygen atoms in total. The molecule has 0 aliphatic rings. The molecule has 2 atom stereocenters. The van der Waals surface area contributed by atoms with Crippen LogP contribution in [0.2, 0.25) is 0 Å². The SMILES string of the molecule is CCS(=O)(=O)CC(C)NCC(O)CC(C)C. The smallest absolute Gasteiger partial charge is 0.151 e. The van der Waals surface area contributed by atoms with Gasteiger partial charge in [-0.1, -0.05) is 20.8 Å². The number of hydrogen-bond donors (Lipinski definition) is 2. The van der Waals surface area contributed by atoms with E-state index in [0.717, 1.165) is 6.42 Å². The molecule has 98 valence electrons. The molecule has 5 heteroatoms. The molecule has 0 saturated heterocycles. The van der Waals surface area contributed by atoms with E-state index in [1.807, 2.05) is 20.8 Å². The molecule has 2 unspecified atom stereocenters. The van der Waals surface area contributed by atoms with Crippen LogP contribution in [0.4, 0.5) is 0 Å². The Morgan fingerprint density at radius 1 is 1.25 bits per heavy atom. The van der Waals surface area contributed by atoms with Crippen LogP contribution in [0.1, 0.15) is 34.1 Å². The average molecular weight is 251 g/mol. The Morgan fingerprint density at radius 2 is 1.81 bits per heavy atom. The van der Waals surface area contributed by atoms with Crippen LogP contribution < -0.4 is 5.32 Å². The number of rotatable bonds is 8. The quantitative estimate of drug-likeness (QED) is 0.670. The van der Waals surface area contributed by atoms with Gasteiger partial charge in [-0.25, -0.2) is 8.42 Å². The molecule has 0 rings (SSSR count). The summed E-state index contributed by atoms with van der Waals surface area (Å²) in [4.78, 5) is 0. The topological polar surface area (TPSA) is 66.4 Å². The summed E-state index contributed by atoms with van der Waals surface area (Å²) in [6, 6.07) is -0.105. The van der Waals surface area contributed by atoms with E-state index >= 15 is 0 Å². The van der Waals surface area contributed by atoms with Crippen molar-refractivity contribution in [3.63, 3.8) is 0 Å². The van der Waals surface area contributed by atoms with Crippen LogP contribution in [0, 0.1) is 5.92 Å². The number of aliphatic hydroxyl groups is 1. The van der Waals surface area contributed by atoms with Crippen molar-refractivity contribution in [2.75, 3.05) is 18.1 Å². The van der Waals surface area contributed by atoms with Gasteiger partial charge >= 0.3 is 0 Å². The highest BCUT2D eigenvalue weighted by molar-refractivity contribution is 7.91. The summed E-state index contributed by atoms with van der Waals surface area (Å²) >= 11 is 0. The fourth-order valence-electron chi connectivity index (χ4n) is 1.52. The first-order valence-corrected chi connectivity index (χ1v) is 7.70. The molecule has 0 amide bonds. The highest BCUT2D eigenvalue weighted by Gasteiger charge is 2.14. The molecular weight excluding hydrogens is 226 g/mol. The Balaban J connectivity index is 3.85. The van der Waals surface area contributed by atoms with Gasteiger partial charge in [0, 0.05) is 18.3 Å². The fourth-order valence-corrected chi connectivity index (χ4v) is 2.64. The van der Waals surface area contributed by atoms with Gasteiger partial charge in [0.15, 0.2) is 9.84 Å². The largest absolute Gasteiger partial charge is 0.392 e. The van der Waals surface area contributed by atoms with Crippen molar-refractivity contribution < 1.29 is 13.5 Å². The van der Waals surface area contributed by atoms with E-state index < -0.39 is 15.9 Å². The van der Waals surface area contributed by atoms with Crippen molar-refractivity contribution in [2.24, 2.45) is 5.92 Å². The maximum absolute atomic E-state index is 11.3. The van der Waals surface area contributed by atoms with Gasteiger partial charge in [0.05, 0.1) is 11.9 Å². The van der Waals surface area contributed by atoms with Gasteiger partial charge in [0.1, 0.15) is 0 Å². The maximum Gasteiger partial charge on any atom is 0.151 e. The molecule has 0 aromatic rings. The fraction of sp³-hybridized carbons (Fsp3) is 1.00. The van der Waals surface area contributed by atoms with Crippen molar-refractivity contribution in [2.45, 2.75) is 46.3 Å². The Morgan fingerprint density at radius 3 is 2.25 bits per heavy atom. The first kappa shape index (κ1) is 15.9. The van der Waals surface area contributed by atoms with E-state index in [2.05, 4.69) is 5.32 Å². The van der Waals surface area contributed by atoms with Gasteiger partial charge in [0.25, 0.3) is 0 Å². The first-order valence-electron chi connectivity index (χ1n) is 5.88. The van der Waals surface area contributed by atoms with Crippen LogP contribution in [0.25, 0.3) is 0 Å². The van der Waals surface area contributed by atoms with Gasteiger partial charge in [-0.3, -0.25) is 0 Å². The van der Waals surface area contributed by atoms with E-state index in [1.54, 1.807) is 6.92 Å². The zero-order valence-corrected chi connectivity index (χ0v) is 11.5. The molecule has 0 aromatic carbocycles. The standard InChI is InChI=1S/C11H25NO3S/c1-5-16(14,15)8-10(4)12-7-11(13)6-9(2)3/h9-13H,5-8H2,1-4H3. The highest BCUT2D eigenvalue weighted by Crippen LogP contribution is 2.03. The summed E-state index contributed by atoms with van der Waals surface area (Å²) in [6.45, 7) is 8.03. The minimum atomic E-state index is -2.93. The summed E-state index contributed by atoms with van der Waals surface area (Å²) in [6.07, 6.45) is 0.340. The van der Waals surface area contributed by atoms with E-state index in [0.29, 0.717) is 12.5 Å². The number of hydrogen-bond acceptors (Lipinski definition) is 4. The molecule has 0 aliphatic carbocycles. The molecule has 16 heavy (non-hydrogen) atoms. The van der Waals surface area contributed by atoms with Crippen LogP contribution >= 0.6 is 0 Å².